The lowest BCUT2D eigenvalue weighted by Crippen LogP contribution is -2.35. The quantitative estimate of drug-likeness (QED) is 0.515. The molecule has 2 fully saturated rings. The molecule has 2 aliphatic rings. The molecule has 1 aliphatic heterocycles. The number of hydrogen-bond acceptors (Lipinski definition) is 3. The van der Waals surface area contributed by atoms with Crippen LogP contribution in [0.25, 0.3) is 0 Å². The predicted octanol–water partition coefficient (Wildman–Crippen LogP) is 2.09. The summed E-state index contributed by atoms with van der Waals surface area (Å²) in [7, 11) is 0. The summed E-state index contributed by atoms with van der Waals surface area (Å²) in [5.74, 6) is 0.440. The van der Waals surface area contributed by atoms with Gasteiger partial charge in [-0.25, -0.2) is 4.79 Å². The lowest BCUT2D eigenvalue weighted by atomic mass is 9.86. The number of carbonyl (C=O) groups excluding carboxylic acids is 1. The van der Waals surface area contributed by atoms with Crippen molar-refractivity contribution in [1.29, 1.82) is 0 Å². The Morgan fingerprint density at radius 2 is 2.25 bits per heavy atom. The molecule has 0 aromatic carbocycles. The molecule has 3 nitrogen and oxygen atoms in total. The summed E-state index contributed by atoms with van der Waals surface area (Å²) in [6.45, 7) is 0. The summed E-state index contributed by atoms with van der Waals surface area (Å²) in [4.78, 5) is 10.8. The van der Waals surface area contributed by atoms with Crippen molar-refractivity contribution in [2.75, 3.05) is 5.33 Å². The molecule has 3 unspecified atom stereocenters. The molecule has 0 bridgehead atoms. The van der Waals surface area contributed by atoms with Crippen LogP contribution in [0.4, 0.5) is 4.79 Å². The van der Waals surface area contributed by atoms with Gasteiger partial charge in [-0.05, 0) is 19.3 Å². The zero-order valence-electron chi connectivity index (χ0n) is 6.66. The van der Waals surface area contributed by atoms with Crippen LogP contribution < -0.4 is 0 Å². The molecule has 2 rings (SSSR count). The molecule has 0 aromatic heterocycles. The first-order valence-corrected chi connectivity index (χ1v) is 5.36. The number of carbonyl (C=O) groups is 1. The third-order valence-electron chi connectivity index (χ3n) is 2.57. The van der Waals surface area contributed by atoms with E-state index in [-0.39, 0.29) is 12.2 Å². The Bertz CT molecular complexity index is 195. The normalized spacial score (nSPS) is 40.1. The minimum atomic E-state index is -0.488. The summed E-state index contributed by atoms with van der Waals surface area (Å²) < 4.78 is 10.1. The summed E-state index contributed by atoms with van der Waals surface area (Å²) in [5.41, 5.74) is 0. The van der Waals surface area contributed by atoms with E-state index < -0.39 is 6.16 Å². The molecule has 12 heavy (non-hydrogen) atoms. The zero-order valence-corrected chi connectivity index (χ0v) is 8.25. The van der Waals surface area contributed by atoms with Crippen LogP contribution in [-0.4, -0.2) is 23.7 Å². The summed E-state index contributed by atoms with van der Waals surface area (Å²) in [5, 5.41) is 0.894. The van der Waals surface area contributed by atoms with Crippen LogP contribution in [0.5, 0.6) is 0 Å². The Morgan fingerprint density at radius 1 is 1.42 bits per heavy atom. The molecule has 1 aliphatic carbocycles. The maximum atomic E-state index is 10.8. The van der Waals surface area contributed by atoms with E-state index in [2.05, 4.69) is 15.9 Å². The van der Waals surface area contributed by atoms with E-state index in [4.69, 9.17) is 9.47 Å². The van der Waals surface area contributed by atoms with Gasteiger partial charge in [0, 0.05) is 11.2 Å². The predicted molar refractivity (Wildman–Crippen MR) is 46.3 cm³/mol. The summed E-state index contributed by atoms with van der Waals surface area (Å²) in [6, 6.07) is 0. The van der Waals surface area contributed by atoms with E-state index in [0.29, 0.717) is 5.92 Å². The molecule has 1 saturated heterocycles. The molecule has 0 aromatic rings. The fourth-order valence-corrected chi connectivity index (χ4v) is 2.63. The van der Waals surface area contributed by atoms with Crippen LogP contribution in [-0.2, 0) is 9.47 Å². The Morgan fingerprint density at radius 3 is 3.00 bits per heavy atom. The first kappa shape index (κ1) is 8.35. The minimum absolute atomic E-state index is 0.00521. The molecule has 0 radical (unpaired) electrons. The highest BCUT2D eigenvalue weighted by atomic mass is 79.9. The monoisotopic (exact) mass is 234 g/mol. The van der Waals surface area contributed by atoms with Crippen LogP contribution in [0.15, 0.2) is 0 Å². The van der Waals surface area contributed by atoms with Crippen molar-refractivity contribution in [1.82, 2.24) is 0 Å². The van der Waals surface area contributed by atoms with Gasteiger partial charge >= 0.3 is 6.16 Å². The van der Waals surface area contributed by atoms with Crippen molar-refractivity contribution in [2.24, 2.45) is 5.92 Å². The van der Waals surface area contributed by atoms with Gasteiger partial charge in [0.05, 0.1) is 0 Å². The average molecular weight is 235 g/mol. The molecule has 0 N–H and O–H groups in total. The highest BCUT2D eigenvalue weighted by Gasteiger charge is 2.43. The van der Waals surface area contributed by atoms with Crippen LogP contribution >= 0.6 is 15.9 Å². The van der Waals surface area contributed by atoms with Gasteiger partial charge in [-0.15, -0.1) is 0 Å². The van der Waals surface area contributed by atoms with Gasteiger partial charge in [0.2, 0.25) is 0 Å². The minimum Gasteiger partial charge on any atom is -0.427 e. The third kappa shape index (κ3) is 1.32. The second-order valence-corrected chi connectivity index (χ2v) is 3.98. The van der Waals surface area contributed by atoms with Gasteiger partial charge in [0.25, 0.3) is 0 Å². The highest BCUT2D eigenvalue weighted by Crippen LogP contribution is 2.34. The van der Waals surface area contributed by atoms with E-state index in [1.807, 2.05) is 0 Å². The molecule has 4 heteroatoms. The van der Waals surface area contributed by atoms with Crippen LogP contribution in [0.1, 0.15) is 19.3 Å². The maximum Gasteiger partial charge on any atom is 0.509 e. The Kier molecular flexibility index (Phi) is 2.26. The first-order chi connectivity index (χ1) is 5.81. The summed E-state index contributed by atoms with van der Waals surface area (Å²) in [6.07, 6.45) is 2.76. The number of alkyl halides is 1. The van der Waals surface area contributed by atoms with E-state index in [0.717, 1.165) is 24.6 Å². The lowest BCUT2D eigenvalue weighted by molar-refractivity contribution is 0.0677. The van der Waals surface area contributed by atoms with Gasteiger partial charge in [0.15, 0.2) is 0 Å². The molecular formula is C8H11BrO3. The molecule has 68 valence electrons. The van der Waals surface area contributed by atoms with Crippen molar-refractivity contribution in [3.63, 3.8) is 0 Å². The summed E-state index contributed by atoms with van der Waals surface area (Å²) >= 11 is 3.42. The standard InChI is InChI=1S/C8H11BrO3/c9-4-5-2-1-3-6-7(5)12-8(10)11-6/h5-7H,1-4H2. The molecule has 0 spiro atoms. The second-order valence-electron chi connectivity index (χ2n) is 3.33. The van der Waals surface area contributed by atoms with Crippen molar-refractivity contribution < 1.29 is 14.3 Å². The number of rotatable bonds is 1. The molecule has 0 amide bonds. The fraction of sp³-hybridized carbons (Fsp3) is 0.875. The van der Waals surface area contributed by atoms with Crippen LogP contribution in [0.3, 0.4) is 0 Å². The van der Waals surface area contributed by atoms with E-state index in [9.17, 15) is 4.79 Å². The average Bonchev–Trinajstić information content (AvgIpc) is 2.44. The lowest BCUT2D eigenvalue weighted by Gasteiger charge is -2.28. The molecular weight excluding hydrogens is 224 g/mol. The zero-order chi connectivity index (χ0) is 8.55. The first-order valence-electron chi connectivity index (χ1n) is 4.24. The van der Waals surface area contributed by atoms with Gasteiger partial charge in [-0.3, -0.25) is 0 Å². The van der Waals surface area contributed by atoms with Gasteiger partial charge in [0.1, 0.15) is 12.2 Å². The van der Waals surface area contributed by atoms with Gasteiger partial charge in [-0.2, -0.15) is 0 Å². The van der Waals surface area contributed by atoms with E-state index in [1.165, 1.54) is 0 Å². The molecule has 1 saturated carbocycles. The highest BCUT2D eigenvalue weighted by molar-refractivity contribution is 9.09. The second kappa shape index (κ2) is 3.24. The van der Waals surface area contributed by atoms with Crippen LogP contribution in [0, 0.1) is 5.92 Å². The molecule has 1 heterocycles. The van der Waals surface area contributed by atoms with Crippen molar-refractivity contribution in [3.05, 3.63) is 0 Å². The Labute approximate surface area is 79.5 Å². The van der Waals surface area contributed by atoms with Crippen molar-refractivity contribution >= 4 is 22.1 Å². The number of halogens is 1. The molecule has 3 atom stereocenters. The number of hydrogen-bond donors (Lipinski definition) is 0. The van der Waals surface area contributed by atoms with E-state index in [1.54, 1.807) is 0 Å². The SMILES string of the molecule is O=C1OC2CCCC(CBr)C2O1. The third-order valence-corrected chi connectivity index (χ3v) is 3.40. The van der Waals surface area contributed by atoms with Gasteiger partial charge < -0.3 is 9.47 Å². The number of fused-ring (bicyclic) bond motifs is 1. The fourth-order valence-electron chi connectivity index (χ4n) is 1.94. The van der Waals surface area contributed by atoms with E-state index >= 15 is 0 Å². The topological polar surface area (TPSA) is 35.5 Å². The maximum absolute atomic E-state index is 10.8. The van der Waals surface area contributed by atoms with Crippen LogP contribution in [0.2, 0.25) is 0 Å². The number of ether oxygens (including phenoxy) is 2. The Balaban J connectivity index is 2.07. The van der Waals surface area contributed by atoms with Gasteiger partial charge in [-0.1, -0.05) is 15.9 Å². The smallest absolute Gasteiger partial charge is 0.427 e. The largest absolute Gasteiger partial charge is 0.509 e. The van der Waals surface area contributed by atoms with Crippen molar-refractivity contribution in [2.45, 2.75) is 31.5 Å². The Hall–Kier alpha value is -0.250. The van der Waals surface area contributed by atoms with Crippen molar-refractivity contribution in [3.8, 4) is 0 Å².